The Kier molecular flexibility index (Phi) is 5.69. The molecule has 1 aromatic rings. The van der Waals surface area contributed by atoms with Crippen molar-refractivity contribution in [3.8, 4) is 5.75 Å². The molecule has 0 aromatic heterocycles. The van der Waals surface area contributed by atoms with Crippen molar-refractivity contribution < 1.29 is 17.9 Å². The van der Waals surface area contributed by atoms with Crippen LogP contribution in [0, 0.1) is 5.92 Å². The van der Waals surface area contributed by atoms with E-state index in [0.717, 1.165) is 37.0 Å². The van der Waals surface area contributed by atoms with E-state index < -0.39 is 9.84 Å². The van der Waals surface area contributed by atoms with E-state index >= 15 is 0 Å². The maximum Gasteiger partial charge on any atom is 0.251 e. The van der Waals surface area contributed by atoms with Gasteiger partial charge in [0.15, 0.2) is 15.0 Å². The Balaban J connectivity index is 1.59. The Morgan fingerprint density at radius 3 is 2.79 bits per heavy atom. The lowest BCUT2D eigenvalue weighted by Crippen LogP contribution is -2.37. The molecule has 152 valence electrons. The summed E-state index contributed by atoms with van der Waals surface area (Å²) in [7, 11) is -1.42. The van der Waals surface area contributed by atoms with Gasteiger partial charge in [-0.05, 0) is 30.5 Å². The minimum atomic E-state index is -3.04. The molecule has 3 fully saturated rings. The molecule has 0 spiro atoms. The molecular formula is C20H26N2O4S2. The van der Waals surface area contributed by atoms with Gasteiger partial charge in [0, 0.05) is 17.7 Å². The van der Waals surface area contributed by atoms with Crippen LogP contribution in [0.4, 0.5) is 0 Å². The zero-order chi connectivity index (χ0) is 19.7. The van der Waals surface area contributed by atoms with Crippen molar-refractivity contribution in [2.24, 2.45) is 10.9 Å². The highest BCUT2D eigenvalue weighted by Gasteiger charge is 2.48. The lowest BCUT2D eigenvalue weighted by atomic mass is 9.89. The fourth-order valence-electron chi connectivity index (χ4n) is 4.32. The number of thioether (sulfide) groups is 1. The van der Waals surface area contributed by atoms with E-state index in [9.17, 15) is 13.2 Å². The zero-order valence-corrected chi connectivity index (χ0v) is 17.7. The van der Waals surface area contributed by atoms with Crippen LogP contribution in [0.1, 0.15) is 37.7 Å². The van der Waals surface area contributed by atoms with Crippen molar-refractivity contribution in [3.05, 3.63) is 29.8 Å². The molecule has 1 amide bonds. The first-order chi connectivity index (χ1) is 13.4. The van der Waals surface area contributed by atoms with Crippen molar-refractivity contribution in [1.29, 1.82) is 0 Å². The second-order valence-corrected chi connectivity index (χ2v) is 11.2. The highest BCUT2D eigenvalue weighted by Crippen LogP contribution is 2.39. The molecule has 0 bridgehead atoms. The van der Waals surface area contributed by atoms with Gasteiger partial charge in [0.25, 0.3) is 5.91 Å². The zero-order valence-electron chi connectivity index (χ0n) is 16.0. The fraction of sp³-hybridized carbons (Fsp3) is 0.600. The lowest BCUT2D eigenvalue weighted by molar-refractivity contribution is -0.122. The number of hydrogen-bond donors (Lipinski definition) is 0. The number of sulfone groups is 1. The average Bonchev–Trinajstić information content (AvgIpc) is 3.15. The number of carbonyl (C=O) groups is 1. The van der Waals surface area contributed by atoms with Crippen LogP contribution in [0.25, 0.3) is 0 Å². The lowest BCUT2D eigenvalue weighted by Gasteiger charge is -2.25. The van der Waals surface area contributed by atoms with E-state index in [-0.39, 0.29) is 34.6 Å². The van der Waals surface area contributed by atoms with Gasteiger partial charge in [-0.1, -0.05) is 43.2 Å². The largest absolute Gasteiger partial charge is 0.497 e. The number of carbonyl (C=O) groups excluding carboxylic acids is 1. The summed E-state index contributed by atoms with van der Waals surface area (Å²) in [6.45, 7) is 0.525. The number of ether oxygens (including phenoxy) is 1. The number of amidine groups is 1. The van der Waals surface area contributed by atoms with Crippen LogP contribution < -0.4 is 4.74 Å². The summed E-state index contributed by atoms with van der Waals surface area (Å²) in [6, 6.07) is 7.61. The third-order valence-corrected chi connectivity index (χ3v) is 9.07. The van der Waals surface area contributed by atoms with Gasteiger partial charge in [-0.3, -0.25) is 4.79 Å². The molecule has 2 heterocycles. The summed E-state index contributed by atoms with van der Waals surface area (Å²) in [5.74, 6) is 1.03. The van der Waals surface area contributed by atoms with E-state index in [2.05, 4.69) is 4.99 Å². The first-order valence-electron chi connectivity index (χ1n) is 9.84. The van der Waals surface area contributed by atoms with Crippen molar-refractivity contribution in [2.45, 2.75) is 49.9 Å². The van der Waals surface area contributed by atoms with Gasteiger partial charge in [-0.25, -0.2) is 8.42 Å². The van der Waals surface area contributed by atoms with Crippen molar-refractivity contribution in [1.82, 2.24) is 4.90 Å². The maximum absolute atomic E-state index is 12.7. The van der Waals surface area contributed by atoms with Crippen LogP contribution in [0.15, 0.2) is 29.3 Å². The number of aliphatic imine (C=N–C) groups is 1. The molecule has 2 atom stereocenters. The molecule has 1 aromatic carbocycles. The summed E-state index contributed by atoms with van der Waals surface area (Å²) in [4.78, 5) is 19.2. The van der Waals surface area contributed by atoms with Gasteiger partial charge in [0.2, 0.25) is 0 Å². The molecule has 0 unspecified atom stereocenters. The van der Waals surface area contributed by atoms with E-state index in [1.54, 1.807) is 7.11 Å². The Labute approximate surface area is 170 Å². The summed E-state index contributed by atoms with van der Waals surface area (Å²) in [5, 5.41) is 0.636. The third-order valence-electron chi connectivity index (χ3n) is 5.82. The monoisotopic (exact) mass is 422 g/mol. The molecule has 28 heavy (non-hydrogen) atoms. The molecule has 2 aliphatic heterocycles. The second kappa shape index (κ2) is 8.06. The second-order valence-electron chi connectivity index (χ2n) is 7.85. The minimum Gasteiger partial charge on any atom is -0.497 e. The first kappa shape index (κ1) is 19.8. The van der Waals surface area contributed by atoms with Crippen molar-refractivity contribution >= 4 is 32.7 Å². The van der Waals surface area contributed by atoms with Crippen LogP contribution in [-0.4, -0.2) is 54.3 Å². The van der Waals surface area contributed by atoms with Crippen LogP contribution in [-0.2, 0) is 21.2 Å². The van der Waals surface area contributed by atoms with Crippen LogP contribution in [0.2, 0.25) is 0 Å². The molecular weight excluding hydrogens is 396 g/mol. The minimum absolute atomic E-state index is 0.0182. The number of amides is 1. The number of methoxy groups -OCH3 is 1. The van der Waals surface area contributed by atoms with E-state index in [1.165, 1.54) is 18.2 Å². The van der Waals surface area contributed by atoms with Gasteiger partial charge in [-0.15, -0.1) is 0 Å². The summed E-state index contributed by atoms with van der Waals surface area (Å²) < 4.78 is 29.6. The molecule has 6 nitrogen and oxygen atoms in total. The standard InChI is InChI=1S/C20H26N2O4S2/c1-26-16-9-5-6-14(10-16)11-22-17-12-28(24,25)13-18(17)27-20(22)21-19(23)15-7-3-2-4-8-15/h5-6,9-10,15,17-18H,2-4,7-8,11-13H2,1H3/t17-,18+/m1/s1. The molecule has 1 aliphatic carbocycles. The molecule has 8 heteroatoms. The number of hydrogen-bond acceptors (Lipinski definition) is 5. The Bertz CT molecular complexity index is 878. The molecule has 1 saturated carbocycles. The average molecular weight is 423 g/mol. The number of rotatable bonds is 4. The predicted molar refractivity (Wildman–Crippen MR) is 111 cm³/mol. The number of nitrogens with zero attached hydrogens (tertiary/aromatic N) is 2. The summed E-state index contributed by atoms with van der Waals surface area (Å²) in [5.41, 5.74) is 1.02. The predicted octanol–water partition coefficient (Wildman–Crippen LogP) is 2.87. The van der Waals surface area contributed by atoms with Gasteiger partial charge < -0.3 is 9.64 Å². The SMILES string of the molecule is COc1cccc(CN2C(=NC(=O)C3CCCCC3)S[C@H]3CS(=O)(=O)C[C@H]32)c1. The third kappa shape index (κ3) is 4.22. The van der Waals surface area contributed by atoms with E-state index in [1.807, 2.05) is 29.2 Å². The first-order valence-corrected chi connectivity index (χ1v) is 12.5. The number of fused-ring (bicyclic) bond motifs is 1. The van der Waals surface area contributed by atoms with Crippen LogP contribution in [0.3, 0.4) is 0 Å². The van der Waals surface area contributed by atoms with Crippen LogP contribution in [0.5, 0.6) is 5.75 Å². The molecule has 4 rings (SSSR count). The Morgan fingerprint density at radius 1 is 1.25 bits per heavy atom. The summed E-state index contributed by atoms with van der Waals surface area (Å²) >= 11 is 1.46. The van der Waals surface area contributed by atoms with Crippen LogP contribution >= 0.6 is 11.8 Å². The van der Waals surface area contributed by atoms with Gasteiger partial charge in [0.1, 0.15) is 5.75 Å². The van der Waals surface area contributed by atoms with Crippen molar-refractivity contribution in [3.63, 3.8) is 0 Å². The van der Waals surface area contributed by atoms with Crippen molar-refractivity contribution in [2.75, 3.05) is 18.6 Å². The molecule has 2 saturated heterocycles. The van der Waals surface area contributed by atoms with Gasteiger partial charge in [-0.2, -0.15) is 4.99 Å². The van der Waals surface area contributed by atoms with E-state index in [0.29, 0.717) is 11.7 Å². The van der Waals surface area contributed by atoms with E-state index in [4.69, 9.17) is 4.74 Å². The summed E-state index contributed by atoms with van der Waals surface area (Å²) in [6.07, 6.45) is 5.20. The topological polar surface area (TPSA) is 76.0 Å². The Hall–Kier alpha value is -1.54. The quantitative estimate of drug-likeness (QED) is 0.743. The fourth-order valence-corrected chi connectivity index (χ4v) is 8.28. The maximum atomic E-state index is 12.7. The number of benzene rings is 1. The highest BCUT2D eigenvalue weighted by molar-refractivity contribution is 8.15. The Morgan fingerprint density at radius 2 is 2.04 bits per heavy atom. The smallest absolute Gasteiger partial charge is 0.251 e. The highest BCUT2D eigenvalue weighted by atomic mass is 32.2. The van der Waals surface area contributed by atoms with Gasteiger partial charge in [0.05, 0.1) is 24.7 Å². The molecule has 0 radical (unpaired) electrons. The van der Waals surface area contributed by atoms with Gasteiger partial charge >= 0.3 is 0 Å². The molecule has 3 aliphatic rings. The normalized spacial score (nSPS) is 28.5. The molecule has 0 N–H and O–H groups in total.